The quantitative estimate of drug-likeness (QED) is 0.478. The van der Waals surface area contributed by atoms with Crippen molar-refractivity contribution in [1.82, 2.24) is 15.5 Å². The van der Waals surface area contributed by atoms with Gasteiger partial charge in [-0.05, 0) is 67.7 Å². The minimum absolute atomic E-state index is 0.00609. The Labute approximate surface area is 192 Å². The first-order chi connectivity index (χ1) is 15.6. The maximum atomic E-state index is 9.52. The van der Waals surface area contributed by atoms with Gasteiger partial charge in [-0.25, -0.2) is 0 Å². The molecular formula is C25H26N4O2S. The van der Waals surface area contributed by atoms with E-state index in [4.69, 9.17) is 14.2 Å². The topological polar surface area (TPSA) is 84.0 Å². The van der Waals surface area contributed by atoms with E-state index in [9.17, 15) is 5.26 Å². The average molecular weight is 447 g/mol. The van der Waals surface area contributed by atoms with Crippen molar-refractivity contribution < 1.29 is 9.26 Å². The summed E-state index contributed by atoms with van der Waals surface area (Å²) in [6.07, 6.45) is 3.35. The summed E-state index contributed by atoms with van der Waals surface area (Å²) in [5.41, 5.74) is 4.96. The minimum atomic E-state index is -0.00609. The molecule has 164 valence electrons. The number of ether oxygens (including phenoxy) is 1. The van der Waals surface area contributed by atoms with E-state index in [-0.39, 0.29) is 6.10 Å². The van der Waals surface area contributed by atoms with E-state index in [0.717, 1.165) is 17.9 Å². The number of benzene rings is 2. The third-order valence-electron chi connectivity index (χ3n) is 6.16. The Hall–Kier alpha value is -2.82. The van der Waals surface area contributed by atoms with Gasteiger partial charge in [-0.1, -0.05) is 23.4 Å². The molecule has 32 heavy (non-hydrogen) atoms. The molecule has 0 amide bonds. The first-order valence-electron chi connectivity index (χ1n) is 11.0. The third-order valence-corrected chi connectivity index (χ3v) is 6.77. The predicted molar refractivity (Wildman–Crippen MR) is 126 cm³/mol. The van der Waals surface area contributed by atoms with E-state index in [1.165, 1.54) is 17.5 Å². The highest BCUT2D eigenvalue weighted by Crippen LogP contribution is 2.63. The first kappa shape index (κ1) is 21.0. The summed E-state index contributed by atoms with van der Waals surface area (Å²) >= 11 is 1.87. The zero-order chi connectivity index (χ0) is 22.2. The number of aromatic nitrogens is 2. The lowest BCUT2D eigenvalue weighted by Gasteiger charge is -2.17. The van der Waals surface area contributed by atoms with E-state index >= 15 is 0 Å². The molecule has 0 aliphatic heterocycles. The number of nitriles is 1. The Bertz CT molecular complexity index is 1180. The lowest BCUT2D eigenvalue weighted by atomic mass is 9.97. The maximum absolute atomic E-state index is 9.52. The Balaban J connectivity index is 1.44. The molecule has 6 nitrogen and oxygen atoms in total. The zero-order valence-electron chi connectivity index (χ0n) is 18.5. The summed E-state index contributed by atoms with van der Waals surface area (Å²) in [5.74, 6) is 3.94. The second-order valence-electron chi connectivity index (χ2n) is 8.65. The molecule has 1 aromatic heterocycles. The van der Waals surface area contributed by atoms with Crippen LogP contribution in [-0.4, -0.2) is 34.8 Å². The van der Waals surface area contributed by atoms with E-state index in [0.29, 0.717) is 46.5 Å². The molecule has 0 bridgehead atoms. The van der Waals surface area contributed by atoms with Gasteiger partial charge in [-0.15, -0.1) is 0 Å². The number of rotatable bonds is 8. The van der Waals surface area contributed by atoms with Gasteiger partial charge in [0.25, 0.3) is 5.89 Å². The summed E-state index contributed by atoms with van der Waals surface area (Å²) < 4.78 is 11.3. The molecule has 0 radical (unpaired) electrons. The van der Waals surface area contributed by atoms with Crippen molar-refractivity contribution in [2.75, 3.05) is 18.6 Å². The summed E-state index contributed by atoms with van der Waals surface area (Å²) in [7, 11) is 0. The van der Waals surface area contributed by atoms with Crippen molar-refractivity contribution in [1.29, 1.82) is 5.26 Å². The third kappa shape index (κ3) is 3.78. The molecule has 2 aliphatic carbocycles. The Kier molecular flexibility index (Phi) is 5.66. The van der Waals surface area contributed by atoms with Gasteiger partial charge in [0, 0.05) is 29.5 Å². The fourth-order valence-corrected chi connectivity index (χ4v) is 5.07. The van der Waals surface area contributed by atoms with Gasteiger partial charge in [0.2, 0.25) is 5.82 Å². The average Bonchev–Trinajstić information content (AvgIpc) is 3.29. The molecule has 7 heteroatoms. The van der Waals surface area contributed by atoms with Crippen molar-refractivity contribution >= 4 is 11.8 Å². The van der Waals surface area contributed by atoms with Gasteiger partial charge in [0.1, 0.15) is 11.8 Å². The number of nitrogens with zero attached hydrogens (tertiary/aromatic N) is 3. The molecule has 1 heterocycles. The van der Waals surface area contributed by atoms with Gasteiger partial charge in [-0.3, -0.25) is 0 Å². The van der Waals surface area contributed by atoms with Crippen LogP contribution in [0.15, 0.2) is 40.9 Å². The van der Waals surface area contributed by atoms with Crippen LogP contribution < -0.4 is 10.1 Å². The lowest BCUT2D eigenvalue weighted by Crippen LogP contribution is -2.24. The molecule has 5 rings (SSSR count). The molecular weight excluding hydrogens is 420 g/mol. The monoisotopic (exact) mass is 446 g/mol. The normalized spacial score (nSPS) is 20.7. The largest absolute Gasteiger partial charge is 0.490 e. The standard InChI is InChI=1S/C25H26N4O2S/c1-14(2)30-21-8-7-15(11-16(21)13-26)25-28-24(29-31-25)18-6-4-5-17-22(18)19-12-20(19)23(17)27-9-10-32-3/h4-8,11,14,19-20,23,27H,9-10,12H2,1-3H3. The molecule has 3 unspecified atom stereocenters. The number of nitrogens with one attached hydrogen (secondary N) is 1. The van der Waals surface area contributed by atoms with Crippen molar-refractivity contribution in [3.8, 4) is 34.7 Å². The number of thioether (sulfide) groups is 1. The van der Waals surface area contributed by atoms with Crippen LogP contribution in [-0.2, 0) is 0 Å². The van der Waals surface area contributed by atoms with Gasteiger partial charge in [0.05, 0.1) is 11.7 Å². The van der Waals surface area contributed by atoms with Crippen LogP contribution in [0.1, 0.15) is 48.9 Å². The van der Waals surface area contributed by atoms with E-state index < -0.39 is 0 Å². The van der Waals surface area contributed by atoms with E-state index in [1.807, 2.05) is 31.7 Å². The van der Waals surface area contributed by atoms with Crippen LogP contribution in [0.25, 0.3) is 22.8 Å². The molecule has 2 aromatic carbocycles. The predicted octanol–water partition coefficient (Wildman–Crippen LogP) is 5.17. The summed E-state index contributed by atoms with van der Waals surface area (Å²) in [6.45, 7) is 4.89. The fourth-order valence-electron chi connectivity index (χ4n) is 4.74. The Morgan fingerprint density at radius 2 is 2.19 bits per heavy atom. The van der Waals surface area contributed by atoms with Crippen molar-refractivity contribution in [3.05, 3.63) is 53.1 Å². The summed E-state index contributed by atoms with van der Waals surface area (Å²) in [5, 5.41) is 17.6. The van der Waals surface area contributed by atoms with Gasteiger partial charge in [0.15, 0.2) is 0 Å². The number of hydrogen-bond donors (Lipinski definition) is 1. The molecule has 1 N–H and O–H groups in total. The van der Waals surface area contributed by atoms with Crippen LogP contribution in [0.3, 0.4) is 0 Å². The van der Waals surface area contributed by atoms with Crippen LogP contribution in [0.2, 0.25) is 0 Å². The number of hydrogen-bond acceptors (Lipinski definition) is 7. The van der Waals surface area contributed by atoms with Gasteiger partial charge >= 0.3 is 0 Å². The molecule has 3 atom stereocenters. The van der Waals surface area contributed by atoms with Gasteiger partial charge < -0.3 is 14.6 Å². The zero-order valence-corrected chi connectivity index (χ0v) is 19.3. The van der Waals surface area contributed by atoms with Crippen LogP contribution >= 0.6 is 11.8 Å². The molecule has 1 saturated carbocycles. The smallest absolute Gasteiger partial charge is 0.258 e. The van der Waals surface area contributed by atoms with Crippen LogP contribution in [0.4, 0.5) is 0 Å². The van der Waals surface area contributed by atoms with Crippen LogP contribution in [0.5, 0.6) is 5.75 Å². The highest BCUT2D eigenvalue weighted by atomic mass is 32.2. The Morgan fingerprint density at radius 1 is 1.31 bits per heavy atom. The summed E-state index contributed by atoms with van der Waals surface area (Å²) in [6, 6.07) is 14.4. The van der Waals surface area contributed by atoms with E-state index in [1.54, 1.807) is 12.1 Å². The Morgan fingerprint density at radius 3 is 2.97 bits per heavy atom. The van der Waals surface area contributed by atoms with Crippen molar-refractivity contribution in [3.63, 3.8) is 0 Å². The maximum Gasteiger partial charge on any atom is 0.258 e. The second-order valence-corrected chi connectivity index (χ2v) is 9.64. The highest BCUT2D eigenvalue weighted by Gasteiger charge is 2.52. The molecule has 3 aromatic rings. The SMILES string of the molecule is CSCCNC1c2cccc(-c3noc(-c4ccc(OC(C)C)c(C#N)c4)n3)c2C2CC21. The molecule has 1 fully saturated rings. The molecule has 0 saturated heterocycles. The fraction of sp³-hybridized carbons (Fsp3) is 0.400. The van der Waals surface area contributed by atoms with Crippen molar-refractivity contribution in [2.24, 2.45) is 5.92 Å². The van der Waals surface area contributed by atoms with Gasteiger partial charge in [-0.2, -0.15) is 22.0 Å². The van der Waals surface area contributed by atoms with Crippen molar-refractivity contribution in [2.45, 2.75) is 38.3 Å². The number of fused-ring (bicyclic) bond motifs is 3. The van der Waals surface area contributed by atoms with E-state index in [2.05, 4.69) is 41.0 Å². The molecule has 0 spiro atoms. The minimum Gasteiger partial charge on any atom is -0.490 e. The first-order valence-corrected chi connectivity index (χ1v) is 12.4. The lowest BCUT2D eigenvalue weighted by molar-refractivity contribution is 0.241. The summed E-state index contributed by atoms with van der Waals surface area (Å²) in [4.78, 5) is 4.70. The molecule has 2 aliphatic rings. The highest BCUT2D eigenvalue weighted by molar-refractivity contribution is 7.98. The second kappa shape index (κ2) is 8.61. The van der Waals surface area contributed by atoms with Crippen LogP contribution in [0, 0.1) is 17.2 Å².